The lowest BCUT2D eigenvalue weighted by molar-refractivity contribution is 0.0613. The molecular formula is C22H27NO4S. The molecule has 150 valence electrons. The summed E-state index contributed by atoms with van der Waals surface area (Å²) in [5.74, 6) is 0.727. The van der Waals surface area contributed by atoms with Crippen LogP contribution in [0.15, 0.2) is 54.6 Å². The first-order valence-corrected chi connectivity index (χ1v) is 11.5. The van der Waals surface area contributed by atoms with Crippen LogP contribution < -0.4 is 4.74 Å². The lowest BCUT2D eigenvalue weighted by Gasteiger charge is -2.34. The molecule has 28 heavy (non-hydrogen) atoms. The van der Waals surface area contributed by atoms with Gasteiger partial charge in [-0.2, -0.15) is 0 Å². The topological polar surface area (TPSA) is 63.7 Å². The predicted molar refractivity (Wildman–Crippen MR) is 110 cm³/mol. The Bertz CT molecular complexity index is 894. The van der Waals surface area contributed by atoms with E-state index in [2.05, 4.69) is 0 Å². The summed E-state index contributed by atoms with van der Waals surface area (Å²) in [6, 6.07) is 16.3. The van der Waals surface area contributed by atoms with Gasteiger partial charge in [-0.3, -0.25) is 4.79 Å². The Balaban J connectivity index is 1.88. The van der Waals surface area contributed by atoms with Crippen molar-refractivity contribution in [3.05, 3.63) is 65.7 Å². The molecule has 1 aliphatic rings. The Morgan fingerprint density at radius 3 is 2.39 bits per heavy atom. The molecule has 1 aliphatic heterocycles. The zero-order chi connectivity index (χ0) is 20.1. The maximum atomic E-state index is 13.4. The van der Waals surface area contributed by atoms with Gasteiger partial charge in [-0.15, -0.1) is 0 Å². The fourth-order valence-corrected chi connectivity index (χ4v) is 5.32. The van der Waals surface area contributed by atoms with E-state index >= 15 is 0 Å². The lowest BCUT2D eigenvalue weighted by Crippen LogP contribution is -2.42. The highest BCUT2D eigenvalue weighted by atomic mass is 32.2. The number of hydrogen-bond acceptors (Lipinski definition) is 4. The molecule has 0 saturated carbocycles. The molecule has 6 heteroatoms. The first-order chi connectivity index (χ1) is 13.4. The summed E-state index contributed by atoms with van der Waals surface area (Å²) in [6.07, 6.45) is 1.39. The highest BCUT2D eigenvalue weighted by Gasteiger charge is 2.37. The standard InChI is InChI=1S/C22H27NO4S/c1-3-14-27-21-11-9-19(10-12-21)22(24)23(20-13-15-28(25,26)16-20)17(2)18-7-5-4-6-8-18/h4-12,17,20H,3,13-16H2,1-2H3/t17-,20+/m1/s1. The Hall–Kier alpha value is -2.34. The molecule has 1 amide bonds. The summed E-state index contributed by atoms with van der Waals surface area (Å²) in [5, 5.41) is 0. The number of rotatable bonds is 7. The molecule has 1 fully saturated rings. The third-order valence-electron chi connectivity index (χ3n) is 5.11. The summed E-state index contributed by atoms with van der Waals surface area (Å²) in [6.45, 7) is 4.62. The van der Waals surface area contributed by atoms with Crippen LogP contribution in [0.25, 0.3) is 0 Å². The van der Waals surface area contributed by atoms with E-state index in [-0.39, 0.29) is 29.5 Å². The minimum absolute atomic E-state index is 0.0214. The van der Waals surface area contributed by atoms with Crippen molar-refractivity contribution in [1.82, 2.24) is 4.90 Å². The molecule has 5 nitrogen and oxygen atoms in total. The number of carbonyl (C=O) groups is 1. The molecule has 0 N–H and O–H groups in total. The third kappa shape index (κ3) is 4.73. The summed E-state index contributed by atoms with van der Waals surface area (Å²) in [4.78, 5) is 15.1. The minimum atomic E-state index is -3.10. The van der Waals surface area contributed by atoms with Crippen LogP contribution in [0.1, 0.15) is 48.7 Å². The number of sulfone groups is 1. The monoisotopic (exact) mass is 401 g/mol. The number of nitrogens with zero attached hydrogens (tertiary/aromatic N) is 1. The molecule has 0 unspecified atom stereocenters. The van der Waals surface area contributed by atoms with Crippen LogP contribution in [0.4, 0.5) is 0 Å². The van der Waals surface area contributed by atoms with E-state index in [9.17, 15) is 13.2 Å². The largest absolute Gasteiger partial charge is 0.494 e. The fourth-order valence-electron chi connectivity index (χ4n) is 3.61. The molecule has 1 heterocycles. The highest BCUT2D eigenvalue weighted by molar-refractivity contribution is 7.91. The van der Waals surface area contributed by atoms with Crippen LogP contribution in [0, 0.1) is 0 Å². The van der Waals surface area contributed by atoms with E-state index in [1.165, 1.54) is 0 Å². The van der Waals surface area contributed by atoms with Crippen molar-refractivity contribution < 1.29 is 17.9 Å². The maximum absolute atomic E-state index is 13.4. The van der Waals surface area contributed by atoms with Gasteiger partial charge in [0.25, 0.3) is 5.91 Å². The molecular weight excluding hydrogens is 374 g/mol. The van der Waals surface area contributed by atoms with E-state index in [0.29, 0.717) is 18.6 Å². The Labute approximate surface area is 167 Å². The van der Waals surface area contributed by atoms with Gasteiger partial charge in [0.2, 0.25) is 0 Å². The van der Waals surface area contributed by atoms with E-state index in [1.54, 1.807) is 29.2 Å². The van der Waals surface area contributed by atoms with E-state index in [1.807, 2.05) is 44.2 Å². The molecule has 0 aliphatic carbocycles. The summed E-state index contributed by atoms with van der Waals surface area (Å²) in [5.41, 5.74) is 1.53. The van der Waals surface area contributed by atoms with Gasteiger partial charge < -0.3 is 9.64 Å². The minimum Gasteiger partial charge on any atom is -0.494 e. The van der Waals surface area contributed by atoms with Gasteiger partial charge in [0.15, 0.2) is 9.84 Å². The second-order valence-electron chi connectivity index (χ2n) is 7.23. The molecule has 3 rings (SSSR count). The van der Waals surface area contributed by atoms with Gasteiger partial charge in [0.05, 0.1) is 24.2 Å². The van der Waals surface area contributed by atoms with Crippen LogP contribution in [-0.2, 0) is 9.84 Å². The molecule has 1 saturated heterocycles. The van der Waals surface area contributed by atoms with E-state index < -0.39 is 9.84 Å². The predicted octanol–water partition coefficient (Wildman–Crippen LogP) is 3.87. The number of carbonyl (C=O) groups excluding carboxylic acids is 1. The van der Waals surface area contributed by atoms with Crippen molar-refractivity contribution in [1.29, 1.82) is 0 Å². The number of benzene rings is 2. The van der Waals surface area contributed by atoms with Crippen LogP contribution in [0.5, 0.6) is 5.75 Å². The van der Waals surface area contributed by atoms with Crippen LogP contribution in [0.3, 0.4) is 0 Å². The van der Waals surface area contributed by atoms with Crippen molar-refractivity contribution in [2.75, 3.05) is 18.1 Å². The SMILES string of the molecule is CCCOc1ccc(C(=O)N([C@H]2CCS(=O)(=O)C2)[C@H](C)c2ccccc2)cc1. The van der Waals surface area contributed by atoms with Gasteiger partial charge in [0.1, 0.15) is 5.75 Å². The first-order valence-electron chi connectivity index (χ1n) is 9.72. The summed E-state index contributed by atoms with van der Waals surface area (Å²) >= 11 is 0. The number of ether oxygens (including phenoxy) is 1. The first kappa shape index (κ1) is 20.4. The molecule has 0 bridgehead atoms. The van der Waals surface area contributed by atoms with Crippen molar-refractivity contribution in [2.45, 2.75) is 38.8 Å². The molecule has 2 aromatic carbocycles. The van der Waals surface area contributed by atoms with Crippen LogP contribution >= 0.6 is 0 Å². The molecule has 0 radical (unpaired) electrons. The fraction of sp³-hybridized carbons (Fsp3) is 0.409. The smallest absolute Gasteiger partial charge is 0.254 e. The van der Waals surface area contributed by atoms with Crippen LogP contribution in [-0.4, -0.2) is 43.4 Å². The zero-order valence-electron chi connectivity index (χ0n) is 16.4. The zero-order valence-corrected chi connectivity index (χ0v) is 17.2. The normalized spacial score (nSPS) is 19.1. The van der Waals surface area contributed by atoms with Gasteiger partial charge in [0, 0.05) is 11.6 Å². The van der Waals surface area contributed by atoms with E-state index in [4.69, 9.17) is 4.74 Å². The van der Waals surface area contributed by atoms with Gasteiger partial charge >= 0.3 is 0 Å². The highest BCUT2D eigenvalue weighted by Crippen LogP contribution is 2.30. The maximum Gasteiger partial charge on any atom is 0.254 e. The van der Waals surface area contributed by atoms with Crippen molar-refractivity contribution in [2.24, 2.45) is 0 Å². The quantitative estimate of drug-likeness (QED) is 0.707. The summed E-state index contributed by atoms with van der Waals surface area (Å²) < 4.78 is 29.7. The molecule has 0 spiro atoms. The average Bonchev–Trinajstić information content (AvgIpc) is 3.06. The number of amides is 1. The molecule has 0 aromatic heterocycles. The van der Waals surface area contributed by atoms with Crippen molar-refractivity contribution in [3.8, 4) is 5.75 Å². The second kappa shape index (κ2) is 8.78. The van der Waals surface area contributed by atoms with Crippen molar-refractivity contribution >= 4 is 15.7 Å². The van der Waals surface area contributed by atoms with Gasteiger partial charge in [-0.25, -0.2) is 8.42 Å². The third-order valence-corrected chi connectivity index (χ3v) is 6.86. The lowest BCUT2D eigenvalue weighted by atomic mass is 10.0. The Morgan fingerprint density at radius 1 is 1.14 bits per heavy atom. The number of hydrogen-bond donors (Lipinski definition) is 0. The summed E-state index contributed by atoms with van der Waals surface area (Å²) in [7, 11) is -3.10. The average molecular weight is 402 g/mol. The molecule has 2 atom stereocenters. The Morgan fingerprint density at radius 2 is 1.82 bits per heavy atom. The van der Waals surface area contributed by atoms with Crippen molar-refractivity contribution in [3.63, 3.8) is 0 Å². The van der Waals surface area contributed by atoms with Crippen LogP contribution in [0.2, 0.25) is 0 Å². The van der Waals surface area contributed by atoms with Gasteiger partial charge in [-0.1, -0.05) is 37.3 Å². The Kier molecular flexibility index (Phi) is 6.39. The van der Waals surface area contributed by atoms with Gasteiger partial charge in [-0.05, 0) is 49.6 Å². The molecule has 2 aromatic rings. The second-order valence-corrected chi connectivity index (χ2v) is 9.46. The van der Waals surface area contributed by atoms with E-state index in [0.717, 1.165) is 17.7 Å².